The minimum absolute atomic E-state index is 0.0863. The Hall–Kier alpha value is -2.55. The second-order valence-corrected chi connectivity index (χ2v) is 8.78. The maximum atomic E-state index is 12.7. The number of aromatic nitrogens is 2. The number of halogens is 3. The van der Waals surface area contributed by atoms with E-state index in [0.29, 0.717) is 15.7 Å². The third kappa shape index (κ3) is 6.22. The van der Waals surface area contributed by atoms with Gasteiger partial charge in [0.15, 0.2) is 4.34 Å². The molecule has 1 aromatic heterocycles. The Kier molecular flexibility index (Phi) is 6.79. The Balaban J connectivity index is 1.63. The van der Waals surface area contributed by atoms with Crippen molar-refractivity contribution in [2.24, 2.45) is 0 Å². The topological polar surface area (TPSA) is 78.7 Å². The standard InChI is InChI=1S/C18H11F3N4OS3/c19-18(20,21)29-14-4-2-1-3-13(14)15(26)23-16-24-25-17(28-16)27-10-12-7-5-11(9-22)6-8-12/h1-8H,10H2,(H,23,24,26). The van der Waals surface area contributed by atoms with E-state index in [-0.39, 0.29) is 27.4 Å². The maximum Gasteiger partial charge on any atom is 0.446 e. The Morgan fingerprint density at radius 3 is 2.55 bits per heavy atom. The number of hydrogen-bond donors (Lipinski definition) is 1. The van der Waals surface area contributed by atoms with Crippen molar-refractivity contribution in [2.75, 3.05) is 5.32 Å². The van der Waals surface area contributed by atoms with Crippen molar-refractivity contribution in [1.82, 2.24) is 10.2 Å². The van der Waals surface area contributed by atoms with Crippen LogP contribution in [0.2, 0.25) is 0 Å². The number of anilines is 1. The Morgan fingerprint density at radius 1 is 1.14 bits per heavy atom. The number of nitrogens with one attached hydrogen (secondary N) is 1. The molecule has 0 fully saturated rings. The highest BCUT2D eigenvalue weighted by Crippen LogP contribution is 2.38. The van der Waals surface area contributed by atoms with Crippen molar-refractivity contribution in [1.29, 1.82) is 5.26 Å². The molecule has 3 rings (SSSR count). The van der Waals surface area contributed by atoms with Gasteiger partial charge in [-0.05, 0) is 41.6 Å². The minimum Gasteiger partial charge on any atom is -0.296 e. The molecule has 29 heavy (non-hydrogen) atoms. The lowest BCUT2D eigenvalue weighted by atomic mass is 10.2. The van der Waals surface area contributed by atoms with Crippen LogP contribution in [0, 0.1) is 11.3 Å². The van der Waals surface area contributed by atoms with Crippen LogP contribution in [0.15, 0.2) is 57.8 Å². The number of thioether (sulfide) groups is 2. The average Bonchev–Trinajstić information content (AvgIpc) is 3.13. The van der Waals surface area contributed by atoms with E-state index in [1.165, 1.54) is 36.0 Å². The molecule has 0 bridgehead atoms. The summed E-state index contributed by atoms with van der Waals surface area (Å²) in [5, 5.41) is 19.3. The van der Waals surface area contributed by atoms with Crippen molar-refractivity contribution in [3.8, 4) is 6.07 Å². The molecule has 0 saturated heterocycles. The summed E-state index contributed by atoms with van der Waals surface area (Å²) >= 11 is 2.19. The van der Waals surface area contributed by atoms with E-state index in [0.717, 1.165) is 16.9 Å². The summed E-state index contributed by atoms with van der Waals surface area (Å²) in [6.45, 7) is 0. The maximum absolute atomic E-state index is 12.7. The van der Waals surface area contributed by atoms with E-state index >= 15 is 0 Å². The molecule has 0 saturated carbocycles. The van der Waals surface area contributed by atoms with E-state index in [1.807, 2.05) is 18.2 Å². The van der Waals surface area contributed by atoms with Crippen molar-refractivity contribution >= 4 is 45.9 Å². The van der Waals surface area contributed by atoms with Crippen LogP contribution in [-0.4, -0.2) is 21.6 Å². The second-order valence-electron chi connectivity index (χ2n) is 5.47. The van der Waals surface area contributed by atoms with E-state index in [1.54, 1.807) is 12.1 Å². The predicted octanol–water partition coefficient (Wildman–Crippen LogP) is 5.57. The fourth-order valence-corrected chi connectivity index (χ4v) is 4.54. The fraction of sp³-hybridized carbons (Fsp3) is 0.111. The molecule has 1 amide bonds. The zero-order valence-electron chi connectivity index (χ0n) is 14.4. The van der Waals surface area contributed by atoms with Gasteiger partial charge in [-0.15, -0.1) is 10.2 Å². The molecule has 0 atom stereocenters. The zero-order valence-corrected chi connectivity index (χ0v) is 16.9. The van der Waals surface area contributed by atoms with Crippen LogP contribution in [0.5, 0.6) is 0 Å². The smallest absolute Gasteiger partial charge is 0.296 e. The van der Waals surface area contributed by atoms with Gasteiger partial charge >= 0.3 is 5.51 Å². The molecule has 1 heterocycles. The number of benzene rings is 2. The van der Waals surface area contributed by atoms with Crippen molar-refractivity contribution in [2.45, 2.75) is 20.5 Å². The predicted molar refractivity (Wildman–Crippen MR) is 107 cm³/mol. The van der Waals surface area contributed by atoms with Crippen LogP contribution in [0.25, 0.3) is 0 Å². The number of carbonyl (C=O) groups is 1. The van der Waals surface area contributed by atoms with Crippen LogP contribution in [-0.2, 0) is 5.75 Å². The summed E-state index contributed by atoms with van der Waals surface area (Å²) < 4.78 is 38.6. The highest BCUT2D eigenvalue weighted by molar-refractivity contribution is 8.00. The molecule has 0 aliphatic rings. The molecule has 0 aliphatic carbocycles. The van der Waals surface area contributed by atoms with Crippen LogP contribution in [0.3, 0.4) is 0 Å². The van der Waals surface area contributed by atoms with Crippen LogP contribution < -0.4 is 5.32 Å². The van der Waals surface area contributed by atoms with Gasteiger partial charge in [-0.1, -0.05) is 47.4 Å². The van der Waals surface area contributed by atoms with Gasteiger partial charge in [-0.2, -0.15) is 18.4 Å². The Labute approximate surface area is 176 Å². The Bertz CT molecular complexity index is 1050. The lowest BCUT2D eigenvalue weighted by Crippen LogP contribution is -2.14. The molecule has 0 unspecified atom stereocenters. The van der Waals surface area contributed by atoms with E-state index in [2.05, 4.69) is 15.5 Å². The third-order valence-corrected chi connectivity index (χ3v) is 6.28. The van der Waals surface area contributed by atoms with Gasteiger partial charge in [0.25, 0.3) is 5.91 Å². The molecule has 5 nitrogen and oxygen atoms in total. The number of hydrogen-bond acceptors (Lipinski definition) is 7. The molecule has 11 heteroatoms. The molecular formula is C18H11F3N4OS3. The number of rotatable bonds is 6. The van der Waals surface area contributed by atoms with Gasteiger partial charge in [0.2, 0.25) is 5.13 Å². The summed E-state index contributed by atoms with van der Waals surface area (Å²) in [7, 11) is 0. The van der Waals surface area contributed by atoms with E-state index in [9.17, 15) is 18.0 Å². The molecule has 0 spiro atoms. The normalized spacial score (nSPS) is 11.1. The summed E-state index contributed by atoms with van der Waals surface area (Å²) in [6.07, 6.45) is 0. The van der Waals surface area contributed by atoms with E-state index < -0.39 is 11.4 Å². The molecule has 0 aliphatic heterocycles. The highest BCUT2D eigenvalue weighted by atomic mass is 32.2. The van der Waals surface area contributed by atoms with Crippen LogP contribution >= 0.6 is 34.9 Å². The van der Waals surface area contributed by atoms with Gasteiger partial charge in [0.05, 0.1) is 17.2 Å². The first-order valence-electron chi connectivity index (χ1n) is 7.95. The summed E-state index contributed by atoms with van der Waals surface area (Å²) in [5.74, 6) is -0.0866. The van der Waals surface area contributed by atoms with Crippen LogP contribution in [0.4, 0.5) is 18.3 Å². The largest absolute Gasteiger partial charge is 0.446 e. The molecule has 0 radical (unpaired) electrons. The number of amides is 1. The first kappa shape index (κ1) is 21.2. The summed E-state index contributed by atoms with van der Waals surface area (Å²) in [5.41, 5.74) is -3.01. The minimum atomic E-state index is -4.49. The monoisotopic (exact) mass is 452 g/mol. The lowest BCUT2D eigenvalue weighted by Gasteiger charge is -2.10. The van der Waals surface area contributed by atoms with Gasteiger partial charge in [0, 0.05) is 10.6 Å². The quantitative estimate of drug-likeness (QED) is 0.389. The molecular weight excluding hydrogens is 441 g/mol. The van der Waals surface area contributed by atoms with E-state index in [4.69, 9.17) is 5.26 Å². The number of nitriles is 1. The van der Waals surface area contributed by atoms with Gasteiger partial charge in [-0.25, -0.2) is 0 Å². The molecule has 1 N–H and O–H groups in total. The summed E-state index contributed by atoms with van der Waals surface area (Å²) in [6, 6.07) is 14.7. The van der Waals surface area contributed by atoms with Crippen LogP contribution in [0.1, 0.15) is 21.5 Å². The average molecular weight is 453 g/mol. The lowest BCUT2D eigenvalue weighted by molar-refractivity contribution is -0.0328. The zero-order chi connectivity index (χ0) is 20.9. The fourth-order valence-electron chi connectivity index (χ4n) is 2.17. The van der Waals surface area contributed by atoms with Crippen molar-refractivity contribution in [3.05, 3.63) is 65.2 Å². The molecule has 2 aromatic carbocycles. The first-order chi connectivity index (χ1) is 13.8. The highest BCUT2D eigenvalue weighted by Gasteiger charge is 2.31. The van der Waals surface area contributed by atoms with Gasteiger partial charge in [0.1, 0.15) is 0 Å². The molecule has 148 valence electrons. The van der Waals surface area contributed by atoms with Gasteiger partial charge in [-0.3, -0.25) is 10.1 Å². The number of nitrogens with zero attached hydrogens (tertiary/aromatic N) is 3. The SMILES string of the molecule is N#Cc1ccc(CSc2nnc(NC(=O)c3ccccc3SC(F)(F)F)s2)cc1. The molecule has 3 aromatic rings. The second kappa shape index (κ2) is 9.30. The third-order valence-electron chi connectivity index (χ3n) is 3.43. The van der Waals surface area contributed by atoms with Crippen molar-refractivity contribution in [3.63, 3.8) is 0 Å². The first-order valence-corrected chi connectivity index (χ1v) is 10.6. The number of carbonyl (C=O) groups excluding carboxylic acids is 1. The Morgan fingerprint density at radius 2 is 1.86 bits per heavy atom. The van der Waals surface area contributed by atoms with Gasteiger partial charge < -0.3 is 0 Å². The summed E-state index contributed by atoms with van der Waals surface area (Å²) in [4.78, 5) is 12.2. The van der Waals surface area contributed by atoms with Crippen molar-refractivity contribution < 1.29 is 18.0 Å². The number of alkyl halides is 3.